The van der Waals surface area contributed by atoms with E-state index in [0.29, 0.717) is 49.0 Å². The molecule has 3 aliphatic heterocycles. The van der Waals surface area contributed by atoms with Crippen LogP contribution in [-0.2, 0) is 16.1 Å². The molecule has 4 aliphatic rings. The number of alkyl halides is 3. The highest BCUT2D eigenvalue weighted by molar-refractivity contribution is 6.31. The summed E-state index contributed by atoms with van der Waals surface area (Å²) >= 11 is 6.60. The van der Waals surface area contributed by atoms with Crippen LogP contribution < -0.4 is 26.4 Å². The largest absolute Gasteiger partial charge is 0.490 e. The van der Waals surface area contributed by atoms with Crippen molar-refractivity contribution < 1.29 is 27.8 Å². The van der Waals surface area contributed by atoms with Crippen molar-refractivity contribution in [2.45, 2.75) is 57.3 Å². The first-order chi connectivity index (χ1) is 20.0. The summed E-state index contributed by atoms with van der Waals surface area (Å²) in [5, 5.41) is 11.4. The molecule has 3 atom stereocenters. The van der Waals surface area contributed by atoms with Gasteiger partial charge in [-0.1, -0.05) is 29.8 Å². The number of hydrogen-bond donors (Lipinski definition) is 3. The second-order valence-corrected chi connectivity index (χ2v) is 11.2. The van der Waals surface area contributed by atoms with Crippen LogP contribution in [0.25, 0.3) is 0 Å². The number of halogens is 4. The Hall–Kier alpha value is -3.07. The third-order valence-corrected chi connectivity index (χ3v) is 8.50. The molecule has 11 nitrogen and oxygen atoms in total. The first kappa shape index (κ1) is 30.4. The van der Waals surface area contributed by atoms with Gasteiger partial charge in [0.15, 0.2) is 6.29 Å². The second-order valence-electron chi connectivity index (χ2n) is 10.8. The van der Waals surface area contributed by atoms with Crippen LogP contribution in [0.5, 0.6) is 0 Å². The van der Waals surface area contributed by atoms with Crippen molar-refractivity contribution in [3.63, 3.8) is 0 Å². The fourth-order valence-corrected chi connectivity index (χ4v) is 6.35. The molecule has 3 fully saturated rings. The molecule has 0 spiro atoms. The van der Waals surface area contributed by atoms with Gasteiger partial charge in [-0.3, -0.25) is 19.2 Å². The lowest BCUT2D eigenvalue weighted by molar-refractivity contribution is -0.192. The minimum absolute atomic E-state index is 0.128. The Morgan fingerprint density at radius 3 is 2.50 bits per heavy atom. The second kappa shape index (κ2) is 12.3. The van der Waals surface area contributed by atoms with E-state index in [1.807, 2.05) is 35.8 Å². The Kier molecular flexibility index (Phi) is 8.88. The van der Waals surface area contributed by atoms with Gasteiger partial charge in [-0.25, -0.2) is 9.59 Å². The van der Waals surface area contributed by atoms with Gasteiger partial charge in [0.2, 0.25) is 0 Å². The van der Waals surface area contributed by atoms with Crippen LogP contribution in [0, 0.1) is 5.92 Å². The SMILES string of the molecule is CCOCCN1c2c(c(=O)[nH]c(=O)n2C2CC2)N(Cc2ccccc2Cl)C1N1CCC2CNCC21.O=C(O)C(F)(F)F. The summed E-state index contributed by atoms with van der Waals surface area (Å²) in [6, 6.07) is 8.31. The molecular weight excluding hydrogens is 581 g/mol. The van der Waals surface area contributed by atoms with Crippen LogP contribution in [-0.4, -0.2) is 83.4 Å². The Morgan fingerprint density at radius 1 is 1.14 bits per heavy atom. The van der Waals surface area contributed by atoms with E-state index in [9.17, 15) is 22.8 Å². The van der Waals surface area contributed by atoms with Crippen LogP contribution in [0.15, 0.2) is 33.9 Å². The minimum Gasteiger partial charge on any atom is -0.475 e. The average Bonchev–Trinajstić information content (AvgIpc) is 3.38. The molecule has 0 bridgehead atoms. The molecule has 2 saturated heterocycles. The van der Waals surface area contributed by atoms with Crippen molar-refractivity contribution in [2.24, 2.45) is 5.92 Å². The van der Waals surface area contributed by atoms with Crippen molar-refractivity contribution in [1.29, 1.82) is 0 Å². The summed E-state index contributed by atoms with van der Waals surface area (Å²) in [7, 11) is 0. The van der Waals surface area contributed by atoms with Crippen LogP contribution in [0.3, 0.4) is 0 Å². The normalized spacial score (nSPS) is 23.5. The summed E-state index contributed by atoms with van der Waals surface area (Å²) < 4.78 is 39.3. The van der Waals surface area contributed by atoms with Gasteiger partial charge >= 0.3 is 17.8 Å². The Balaban J connectivity index is 0.000000451. The van der Waals surface area contributed by atoms with E-state index in [1.165, 1.54) is 0 Å². The predicted octanol–water partition coefficient (Wildman–Crippen LogP) is 2.60. The fraction of sp³-hybridized carbons (Fsp3) is 0.593. The van der Waals surface area contributed by atoms with E-state index in [0.717, 1.165) is 50.3 Å². The van der Waals surface area contributed by atoms with Crippen molar-refractivity contribution in [1.82, 2.24) is 19.8 Å². The van der Waals surface area contributed by atoms with Gasteiger partial charge in [0.1, 0.15) is 11.5 Å². The van der Waals surface area contributed by atoms with Gasteiger partial charge < -0.3 is 25.0 Å². The van der Waals surface area contributed by atoms with E-state index in [2.05, 4.69) is 25.0 Å². The average molecular weight is 615 g/mol. The van der Waals surface area contributed by atoms with E-state index >= 15 is 0 Å². The summed E-state index contributed by atoms with van der Waals surface area (Å²) in [5.41, 5.74) is 0.865. The van der Waals surface area contributed by atoms with Crippen molar-refractivity contribution in [3.8, 4) is 0 Å². The molecule has 1 saturated carbocycles. The molecule has 3 N–H and O–H groups in total. The maximum Gasteiger partial charge on any atom is 0.490 e. The van der Waals surface area contributed by atoms with Crippen molar-refractivity contribution >= 4 is 29.1 Å². The van der Waals surface area contributed by atoms with E-state index in [-0.39, 0.29) is 23.6 Å². The molecule has 3 unspecified atom stereocenters. The number of hydrogen-bond acceptors (Lipinski definition) is 8. The zero-order valence-corrected chi connectivity index (χ0v) is 23.8. The number of benzene rings is 1. The Bertz CT molecular complexity index is 1410. The molecule has 0 radical (unpaired) electrons. The number of aromatic nitrogens is 2. The predicted molar refractivity (Wildman–Crippen MR) is 150 cm³/mol. The highest BCUT2D eigenvalue weighted by atomic mass is 35.5. The third-order valence-electron chi connectivity index (χ3n) is 8.13. The molecule has 4 heterocycles. The summed E-state index contributed by atoms with van der Waals surface area (Å²) in [4.78, 5) is 45.0. The van der Waals surface area contributed by atoms with Gasteiger partial charge in [0.05, 0.1) is 6.61 Å². The number of H-pyrrole nitrogens is 1. The lowest BCUT2D eigenvalue weighted by atomic mass is 10.1. The number of anilines is 2. The van der Waals surface area contributed by atoms with Crippen LogP contribution >= 0.6 is 11.6 Å². The van der Waals surface area contributed by atoms with Gasteiger partial charge in [-0.2, -0.15) is 13.2 Å². The van der Waals surface area contributed by atoms with Crippen molar-refractivity contribution in [2.75, 3.05) is 49.2 Å². The summed E-state index contributed by atoms with van der Waals surface area (Å²) in [5.74, 6) is -1.43. The van der Waals surface area contributed by atoms with Crippen LogP contribution in [0.4, 0.5) is 24.7 Å². The van der Waals surface area contributed by atoms with Crippen LogP contribution in [0.1, 0.15) is 37.8 Å². The summed E-state index contributed by atoms with van der Waals surface area (Å²) in [6.45, 7) is 7.12. The number of carboxylic acid groups (broad SMARTS) is 1. The minimum atomic E-state index is -5.08. The highest BCUT2D eigenvalue weighted by Crippen LogP contribution is 2.46. The number of aromatic amines is 1. The molecule has 0 amide bonds. The number of rotatable bonds is 8. The number of fused-ring (bicyclic) bond motifs is 2. The molecule has 15 heteroatoms. The van der Waals surface area contributed by atoms with Gasteiger partial charge in [-0.05, 0) is 50.3 Å². The molecule has 42 heavy (non-hydrogen) atoms. The Labute approximate surface area is 244 Å². The van der Waals surface area contributed by atoms with Gasteiger partial charge in [0, 0.05) is 49.9 Å². The maximum atomic E-state index is 13.4. The molecule has 230 valence electrons. The number of nitrogens with one attached hydrogen (secondary N) is 2. The standard InChI is InChI=1S/C25H33ClN6O3.C2HF3O2/c1-2-35-12-11-30-23-21(22(33)28-24(34)32(23)18-7-8-18)31(15-17-5-3-4-6-19(17)26)25(30)29-10-9-16-13-27-14-20(16)29;3-2(4,5)1(6)7/h3-6,16,18,20,25,27H,2,7-15H2,1H3,(H,28,33,34);(H,6,7). The Morgan fingerprint density at radius 2 is 1.86 bits per heavy atom. The van der Waals surface area contributed by atoms with Gasteiger partial charge in [0.25, 0.3) is 5.56 Å². The first-order valence-electron chi connectivity index (χ1n) is 14.0. The lowest BCUT2D eigenvalue weighted by Crippen LogP contribution is -2.58. The molecular formula is C27H34ClF3N6O5. The number of ether oxygens (including phenoxy) is 1. The molecule has 1 aromatic carbocycles. The maximum absolute atomic E-state index is 13.4. The smallest absolute Gasteiger partial charge is 0.475 e. The number of aliphatic carboxylic acids is 1. The van der Waals surface area contributed by atoms with E-state index in [4.69, 9.17) is 26.2 Å². The third kappa shape index (κ3) is 6.03. The number of nitrogens with zero attached hydrogens (tertiary/aromatic N) is 4. The zero-order chi connectivity index (χ0) is 30.2. The van der Waals surface area contributed by atoms with Crippen molar-refractivity contribution in [3.05, 3.63) is 55.7 Å². The number of carboxylic acids is 1. The fourth-order valence-electron chi connectivity index (χ4n) is 6.15. The molecule has 1 aliphatic carbocycles. The zero-order valence-electron chi connectivity index (χ0n) is 23.1. The molecule has 6 rings (SSSR count). The van der Waals surface area contributed by atoms with E-state index in [1.54, 1.807) is 0 Å². The number of likely N-dealkylation sites (tertiary alicyclic amines) is 1. The molecule has 2 aromatic rings. The van der Waals surface area contributed by atoms with Gasteiger partial charge in [-0.15, -0.1) is 0 Å². The van der Waals surface area contributed by atoms with E-state index < -0.39 is 12.1 Å². The first-order valence-corrected chi connectivity index (χ1v) is 14.4. The monoisotopic (exact) mass is 614 g/mol. The number of carbonyl (C=O) groups is 1. The molecule has 1 aromatic heterocycles. The lowest BCUT2D eigenvalue weighted by Gasteiger charge is -2.41. The topological polar surface area (TPSA) is 123 Å². The summed E-state index contributed by atoms with van der Waals surface area (Å²) in [6.07, 6.45) is -2.25. The quantitative estimate of drug-likeness (QED) is 0.385. The van der Waals surface area contributed by atoms with Crippen LogP contribution in [0.2, 0.25) is 5.02 Å². The highest BCUT2D eigenvalue weighted by Gasteiger charge is 2.50.